The summed E-state index contributed by atoms with van der Waals surface area (Å²) in [6, 6.07) is 0.516. The Balaban J connectivity index is 2.15. The van der Waals surface area contributed by atoms with Crippen LogP contribution in [-0.4, -0.2) is 25.0 Å². The van der Waals surface area contributed by atoms with Gasteiger partial charge in [-0.05, 0) is 31.1 Å². The molecule has 92 valence electrons. The molecular weight excluding hydrogens is 200 g/mol. The van der Waals surface area contributed by atoms with Gasteiger partial charge in [-0.3, -0.25) is 4.79 Å². The maximum absolute atomic E-state index is 11.4. The molecule has 0 aromatic heterocycles. The fraction of sp³-hybridized carbons (Fsp3) is 0.769. The molecule has 0 atom stereocenters. The number of carbonyl (C=O) groups is 1. The first-order valence-electron chi connectivity index (χ1n) is 6.14. The summed E-state index contributed by atoms with van der Waals surface area (Å²) in [7, 11) is 0. The highest BCUT2D eigenvalue weighted by Gasteiger charge is 2.26. The van der Waals surface area contributed by atoms with Gasteiger partial charge in [0, 0.05) is 12.6 Å². The number of carbonyl (C=O) groups excluding carboxylic acids is 1. The van der Waals surface area contributed by atoms with E-state index in [-0.39, 0.29) is 5.91 Å². The van der Waals surface area contributed by atoms with Crippen LogP contribution in [0.3, 0.4) is 0 Å². The summed E-state index contributed by atoms with van der Waals surface area (Å²) in [6.07, 6.45) is 6.56. The van der Waals surface area contributed by atoms with Crippen LogP contribution in [0.2, 0.25) is 0 Å². The van der Waals surface area contributed by atoms with E-state index in [2.05, 4.69) is 31.1 Å². The van der Waals surface area contributed by atoms with Crippen LogP contribution >= 0.6 is 0 Å². The normalized spacial score (nSPS) is 20.4. The summed E-state index contributed by atoms with van der Waals surface area (Å²) in [5.41, 5.74) is 0.489. The van der Waals surface area contributed by atoms with E-state index in [1.54, 1.807) is 6.08 Å². The zero-order valence-electron chi connectivity index (χ0n) is 10.5. The molecule has 0 saturated heterocycles. The molecule has 16 heavy (non-hydrogen) atoms. The van der Waals surface area contributed by atoms with Gasteiger partial charge in [-0.2, -0.15) is 0 Å². The molecule has 1 amide bonds. The smallest absolute Gasteiger partial charge is 0.234 e. The molecule has 0 unspecified atom stereocenters. The fourth-order valence-electron chi connectivity index (χ4n) is 2.09. The van der Waals surface area contributed by atoms with E-state index in [1.165, 1.54) is 25.7 Å². The molecule has 1 aliphatic rings. The molecule has 0 radical (unpaired) electrons. The highest BCUT2D eigenvalue weighted by Crippen LogP contribution is 2.34. The monoisotopic (exact) mass is 224 g/mol. The van der Waals surface area contributed by atoms with Crippen LogP contribution in [0.15, 0.2) is 12.7 Å². The van der Waals surface area contributed by atoms with E-state index in [4.69, 9.17) is 0 Å². The van der Waals surface area contributed by atoms with Gasteiger partial charge in [0.2, 0.25) is 5.91 Å². The number of hydrogen-bond acceptors (Lipinski definition) is 2. The van der Waals surface area contributed by atoms with Gasteiger partial charge in [0.15, 0.2) is 0 Å². The highest BCUT2D eigenvalue weighted by atomic mass is 16.1. The predicted octanol–water partition coefficient (Wildman–Crippen LogP) is 1.85. The number of nitrogens with one attached hydrogen (secondary N) is 2. The molecular formula is C13H24N2O. The van der Waals surface area contributed by atoms with E-state index < -0.39 is 0 Å². The van der Waals surface area contributed by atoms with Crippen molar-refractivity contribution in [3.63, 3.8) is 0 Å². The second-order valence-electron chi connectivity index (χ2n) is 5.41. The maximum Gasteiger partial charge on any atom is 0.234 e. The Bertz CT molecular complexity index is 238. The quantitative estimate of drug-likeness (QED) is 0.700. The third kappa shape index (κ3) is 4.79. The number of hydrogen-bond donors (Lipinski definition) is 2. The Hall–Kier alpha value is -0.830. The molecule has 2 N–H and O–H groups in total. The standard InChI is InChI=1S/C13H24N2O/c1-4-9-14-12(16)10-15-11-5-7-13(2,3)8-6-11/h4,11,15H,1,5-10H2,2-3H3,(H,14,16). The van der Waals surface area contributed by atoms with E-state index >= 15 is 0 Å². The van der Waals surface area contributed by atoms with E-state index in [0.29, 0.717) is 24.5 Å². The topological polar surface area (TPSA) is 41.1 Å². The number of rotatable bonds is 5. The molecule has 1 saturated carbocycles. The summed E-state index contributed by atoms with van der Waals surface area (Å²) in [4.78, 5) is 11.4. The fourth-order valence-corrected chi connectivity index (χ4v) is 2.09. The minimum Gasteiger partial charge on any atom is -0.352 e. The van der Waals surface area contributed by atoms with Crippen molar-refractivity contribution in [2.24, 2.45) is 5.41 Å². The zero-order chi connectivity index (χ0) is 12.0. The van der Waals surface area contributed by atoms with Gasteiger partial charge in [0.05, 0.1) is 6.54 Å². The van der Waals surface area contributed by atoms with Crippen molar-refractivity contribution in [3.8, 4) is 0 Å². The molecule has 0 aromatic rings. The van der Waals surface area contributed by atoms with Gasteiger partial charge in [0.25, 0.3) is 0 Å². The average molecular weight is 224 g/mol. The summed E-state index contributed by atoms with van der Waals surface area (Å²) in [5, 5.41) is 6.09. The van der Waals surface area contributed by atoms with Crippen LogP contribution in [0.1, 0.15) is 39.5 Å². The van der Waals surface area contributed by atoms with Gasteiger partial charge < -0.3 is 10.6 Å². The third-order valence-corrected chi connectivity index (χ3v) is 3.33. The molecule has 0 spiro atoms. The van der Waals surface area contributed by atoms with Crippen LogP contribution in [-0.2, 0) is 4.79 Å². The van der Waals surface area contributed by atoms with Gasteiger partial charge in [-0.25, -0.2) is 0 Å². The summed E-state index contributed by atoms with van der Waals surface area (Å²) in [5.74, 6) is 0.0599. The highest BCUT2D eigenvalue weighted by molar-refractivity contribution is 5.78. The van der Waals surface area contributed by atoms with Crippen molar-refractivity contribution >= 4 is 5.91 Å². The Morgan fingerprint density at radius 2 is 2.06 bits per heavy atom. The molecule has 3 nitrogen and oxygen atoms in total. The summed E-state index contributed by atoms with van der Waals surface area (Å²) >= 11 is 0. The van der Waals surface area contributed by atoms with Crippen molar-refractivity contribution in [1.82, 2.24) is 10.6 Å². The minimum atomic E-state index is 0.0599. The lowest BCUT2D eigenvalue weighted by molar-refractivity contribution is -0.120. The molecule has 1 rings (SSSR count). The Morgan fingerprint density at radius 1 is 1.44 bits per heavy atom. The Morgan fingerprint density at radius 3 is 2.62 bits per heavy atom. The lowest BCUT2D eigenvalue weighted by Crippen LogP contribution is -2.41. The zero-order valence-corrected chi connectivity index (χ0v) is 10.5. The lowest BCUT2D eigenvalue weighted by Gasteiger charge is -2.34. The van der Waals surface area contributed by atoms with Gasteiger partial charge >= 0.3 is 0 Å². The third-order valence-electron chi connectivity index (χ3n) is 3.33. The minimum absolute atomic E-state index is 0.0599. The second kappa shape index (κ2) is 6.04. The maximum atomic E-state index is 11.4. The number of amides is 1. The van der Waals surface area contributed by atoms with E-state index in [0.717, 1.165) is 0 Å². The van der Waals surface area contributed by atoms with Crippen molar-refractivity contribution in [1.29, 1.82) is 0 Å². The lowest BCUT2D eigenvalue weighted by atomic mass is 9.75. The Kier molecular flexibility index (Phi) is 5.00. The van der Waals surface area contributed by atoms with Crippen LogP contribution in [0.25, 0.3) is 0 Å². The molecule has 1 fully saturated rings. The van der Waals surface area contributed by atoms with Crippen LogP contribution < -0.4 is 10.6 Å². The van der Waals surface area contributed by atoms with Crippen LogP contribution in [0, 0.1) is 5.41 Å². The SMILES string of the molecule is C=CCNC(=O)CNC1CCC(C)(C)CC1. The molecule has 0 aliphatic heterocycles. The first-order chi connectivity index (χ1) is 7.53. The van der Waals surface area contributed by atoms with Gasteiger partial charge in [-0.15, -0.1) is 6.58 Å². The first kappa shape index (κ1) is 13.2. The van der Waals surface area contributed by atoms with Crippen molar-refractivity contribution in [2.75, 3.05) is 13.1 Å². The molecule has 0 bridgehead atoms. The van der Waals surface area contributed by atoms with Crippen molar-refractivity contribution in [3.05, 3.63) is 12.7 Å². The average Bonchev–Trinajstić information content (AvgIpc) is 2.25. The van der Waals surface area contributed by atoms with E-state index in [1.807, 2.05) is 0 Å². The molecule has 0 aromatic carbocycles. The molecule has 1 aliphatic carbocycles. The van der Waals surface area contributed by atoms with Gasteiger partial charge in [-0.1, -0.05) is 19.9 Å². The Labute approximate surface area is 98.7 Å². The predicted molar refractivity (Wildman–Crippen MR) is 67.2 cm³/mol. The molecule has 3 heteroatoms. The van der Waals surface area contributed by atoms with Gasteiger partial charge in [0.1, 0.15) is 0 Å². The van der Waals surface area contributed by atoms with Crippen LogP contribution in [0.5, 0.6) is 0 Å². The van der Waals surface area contributed by atoms with Crippen LogP contribution in [0.4, 0.5) is 0 Å². The van der Waals surface area contributed by atoms with Crippen molar-refractivity contribution in [2.45, 2.75) is 45.6 Å². The summed E-state index contributed by atoms with van der Waals surface area (Å²) in [6.45, 7) is 9.19. The molecule has 0 heterocycles. The van der Waals surface area contributed by atoms with E-state index in [9.17, 15) is 4.79 Å². The van der Waals surface area contributed by atoms with Crippen molar-refractivity contribution < 1.29 is 4.79 Å². The largest absolute Gasteiger partial charge is 0.352 e. The first-order valence-corrected chi connectivity index (χ1v) is 6.14. The summed E-state index contributed by atoms with van der Waals surface area (Å²) < 4.78 is 0. The second-order valence-corrected chi connectivity index (χ2v) is 5.41.